The van der Waals surface area contributed by atoms with E-state index in [4.69, 9.17) is 0 Å². The van der Waals surface area contributed by atoms with Crippen molar-refractivity contribution in [2.75, 3.05) is 6.54 Å². The second-order valence-electron chi connectivity index (χ2n) is 5.92. The van der Waals surface area contributed by atoms with E-state index in [0.29, 0.717) is 5.92 Å². The van der Waals surface area contributed by atoms with Gasteiger partial charge in [-0.25, -0.2) is 0 Å². The van der Waals surface area contributed by atoms with Gasteiger partial charge in [-0.1, -0.05) is 28.1 Å². The molecular formula is C17H22BrN3. The van der Waals surface area contributed by atoms with Crippen LogP contribution in [0.3, 0.4) is 0 Å². The lowest BCUT2D eigenvalue weighted by molar-refractivity contribution is 0.537. The van der Waals surface area contributed by atoms with Crippen LogP contribution in [0, 0.1) is 0 Å². The van der Waals surface area contributed by atoms with Gasteiger partial charge in [0.05, 0.1) is 0 Å². The van der Waals surface area contributed by atoms with E-state index in [-0.39, 0.29) is 0 Å². The highest BCUT2D eigenvalue weighted by atomic mass is 79.9. The summed E-state index contributed by atoms with van der Waals surface area (Å²) in [5.41, 5.74) is 2.73. The Morgan fingerprint density at radius 1 is 1.29 bits per heavy atom. The SMILES string of the molecule is Cn1nccc1CCC(CNC1CC1)c1ccc(Br)cc1. The van der Waals surface area contributed by atoms with Crippen molar-refractivity contribution in [1.82, 2.24) is 15.1 Å². The molecule has 1 atom stereocenters. The third-order valence-electron chi connectivity index (χ3n) is 4.24. The summed E-state index contributed by atoms with van der Waals surface area (Å²) >= 11 is 3.52. The molecule has 0 aliphatic heterocycles. The summed E-state index contributed by atoms with van der Waals surface area (Å²) in [6.45, 7) is 1.07. The molecule has 1 aromatic carbocycles. The number of aromatic nitrogens is 2. The largest absolute Gasteiger partial charge is 0.313 e. The molecule has 1 unspecified atom stereocenters. The van der Waals surface area contributed by atoms with Gasteiger partial charge in [0.2, 0.25) is 0 Å². The lowest BCUT2D eigenvalue weighted by atomic mass is 9.93. The number of aryl methyl sites for hydroxylation is 2. The van der Waals surface area contributed by atoms with Gasteiger partial charge in [0.15, 0.2) is 0 Å². The van der Waals surface area contributed by atoms with Crippen molar-refractivity contribution in [3.63, 3.8) is 0 Å². The standard InChI is InChI=1S/C17H22BrN3/c1-21-17(10-11-20-21)9-4-14(12-19-16-7-8-16)13-2-5-15(18)6-3-13/h2-3,5-6,10-11,14,16,19H,4,7-9,12H2,1H3. The lowest BCUT2D eigenvalue weighted by Crippen LogP contribution is -2.24. The van der Waals surface area contributed by atoms with Gasteiger partial charge in [-0.15, -0.1) is 0 Å². The Bertz CT molecular complexity index is 572. The number of benzene rings is 1. The van der Waals surface area contributed by atoms with Crippen molar-refractivity contribution in [1.29, 1.82) is 0 Å². The minimum atomic E-state index is 0.564. The average Bonchev–Trinajstić information content (AvgIpc) is 3.22. The summed E-state index contributed by atoms with van der Waals surface area (Å²) in [5.74, 6) is 0.564. The minimum absolute atomic E-state index is 0.564. The van der Waals surface area contributed by atoms with Crippen molar-refractivity contribution < 1.29 is 0 Å². The molecule has 0 spiro atoms. The maximum Gasteiger partial charge on any atom is 0.0492 e. The number of nitrogens with zero attached hydrogens (tertiary/aromatic N) is 2. The minimum Gasteiger partial charge on any atom is -0.313 e. The molecule has 1 N–H and O–H groups in total. The molecule has 1 aliphatic carbocycles. The Kier molecular flexibility index (Phi) is 4.76. The fourth-order valence-corrected chi connectivity index (χ4v) is 2.95. The molecule has 2 aromatic rings. The number of hydrogen-bond acceptors (Lipinski definition) is 2. The Morgan fingerprint density at radius 3 is 2.67 bits per heavy atom. The molecule has 1 fully saturated rings. The zero-order valence-corrected chi connectivity index (χ0v) is 14.0. The van der Waals surface area contributed by atoms with E-state index in [1.54, 1.807) is 0 Å². The molecule has 4 heteroatoms. The lowest BCUT2D eigenvalue weighted by Gasteiger charge is -2.18. The van der Waals surface area contributed by atoms with Gasteiger partial charge in [-0.2, -0.15) is 5.10 Å². The highest BCUT2D eigenvalue weighted by Crippen LogP contribution is 2.25. The molecule has 0 bridgehead atoms. The molecule has 0 saturated heterocycles. The van der Waals surface area contributed by atoms with E-state index in [1.807, 2.05) is 17.9 Å². The van der Waals surface area contributed by atoms with Gasteiger partial charge in [0.25, 0.3) is 0 Å². The first-order chi connectivity index (χ1) is 10.2. The van der Waals surface area contributed by atoms with Crippen molar-refractivity contribution in [3.8, 4) is 0 Å². The molecule has 3 nitrogen and oxygen atoms in total. The topological polar surface area (TPSA) is 29.9 Å². The van der Waals surface area contributed by atoms with Crippen LogP contribution in [0.25, 0.3) is 0 Å². The normalized spacial score (nSPS) is 16.1. The number of nitrogens with one attached hydrogen (secondary N) is 1. The van der Waals surface area contributed by atoms with Gasteiger partial charge in [0.1, 0.15) is 0 Å². The van der Waals surface area contributed by atoms with Gasteiger partial charge in [-0.05, 0) is 55.4 Å². The Balaban J connectivity index is 1.65. The van der Waals surface area contributed by atoms with Crippen LogP contribution in [0.4, 0.5) is 0 Å². The van der Waals surface area contributed by atoms with E-state index >= 15 is 0 Å². The highest BCUT2D eigenvalue weighted by Gasteiger charge is 2.22. The van der Waals surface area contributed by atoms with Crippen LogP contribution in [0.2, 0.25) is 0 Å². The van der Waals surface area contributed by atoms with Crippen LogP contribution in [-0.2, 0) is 13.5 Å². The number of rotatable bonds is 7. The molecule has 1 aliphatic rings. The molecule has 3 rings (SSSR count). The first-order valence-corrected chi connectivity index (χ1v) is 8.47. The van der Waals surface area contributed by atoms with E-state index in [0.717, 1.165) is 29.9 Å². The van der Waals surface area contributed by atoms with Gasteiger partial charge in [0, 0.05) is 36.0 Å². The molecule has 1 aromatic heterocycles. The third-order valence-corrected chi connectivity index (χ3v) is 4.77. The number of halogens is 1. The Hall–Kier alpha value is -1.13. The van der Waals surface area contributed by atoms with Crippen LogP contribution >= 0.6 is 15.9 Å². The van der Waals surface area contributed by atoms with E-state index < -0.39 is 0 Å². The molecule has 21 heavy (non-hydrogen) atoms. The first kappa shape index (κ1) is 14.8. The van der Waals surface area contributed by atoms with Gasteiger partial charge < -0.3 is 5.32 Å². The predicted molar refractivity (Wildman–Crippen MR) is 89.4 cm³/mol. The summed E-state index contributed by atoms with van der Waals surface area (Å²) in [5, 5.41) is 7.94. The van der Waals surface area contributed by atoms with Crippen LogP contribution in [-0.4, -0.2) is 22.4 Å². The zero-order valence-electron chi connectivity index (χ0n) is 12.4. The van der Waals surface area contributed by atoms with Crippen molar-refractivity contribution in [2.24, 2.45) is 7.05 Å². The molecule has 112 valence electrons. The summed E-state index contributed by atoms with van der Waals surface area (Å²) in [7, 11) is 2.02. The molecule has 0 radical (unpaired) electrons. The zero-order chi connectivity index (χ0) is 14.7. The van der Waals surface area contributed by atoms with E-state index in [9.17, 15) is 0 Å². The summed E-state index contributed by atoms with van der Waals surface area (Å²) in [6.07, 6.45) is 6.79. The second kappa shape index (κ2) is 6.75. The van der Waals surface area contributed by atoms with Crippen LogP contribution < -0.4 is 5.32 Å². The van der Waals surface area contributed by atoms with Gasteiger partial charge in [-0.3, -0.25) is 4.68 Å². The predicted octanol–water partition coefficient (Wildman–Crippen LogP) is 3.65. The fraction of sp³-hybridized carbons (Fsp3) is 0.471. The van der Waals surface area contributed by atoms with E-state index in [2.05, 4.69) is 56.7 Å². The van der Waals surface area contributed by atoms with Crippen molar-refractivity contribution in [3.05, 3.63) is 52.3 Å². The molecule has 1 heterocycles. The summed E-state index contributed by atoms with van der Waals surface area (Å²) in [4.78, 5) is 0. The summed E-state index contributed by atoms with van der Waals surface area (Å²) < 4.78 is 3.12. The van der Waals surface area contributed by atoms with Gasteiger partial charge >= 0.3 is 0 Å². The maximum absolute atomic E-state index is 4.26. The summed E-state index contributed by atoms with van der Waals surface area (Å²) in [6, 6.07) is 11.7. The van der Waals surface area contributed by atoms with Crippen LogP contribution in [0.15, 0.2) is 41.0 Å². The number of hydrogen-bond donors (Lipinski definition) is 1. The third kappa shape index (κ3) is 4.17. The van der Waals surface area contributed by atoms with Crippen molar-refractivity contribution >= 4 is 15.9 Å². The van der Waals surface area contributed by atoms with Crippen LogP contribution in [0.5, 0.6) is 0 Å². The second-order valence-corrected chi connectivity index (χ2v) is 6.83. The quantitative estimate of drug-likeness (QED) is 0.828. The van der Waals surface area contributed by atoms with E-state index in [1.165, 1.54) is 24.1 Å². The first-order valence-electron chi connectivity index (χ1n) is 7.68. The Labute approximate surface area is 134 Å². The van der Waals surface area contributed by atoms with Crippen molar-refractivity contribution in [2.45, 2.75) is 37.6 Å². The average molecular weight is 348 g/mol. The smallest absolute Gasteiger partial charge is 0.0492 e. The molecular weight excluding hydrogens is 326 g/mol. The monoisotopic (exact) mass is 347 g/mol. The van der Waals surface area contributed by atoms with Crippen LogP contribution in [0.1, 0.15) is 36.4 Å². The maximum atomic E-state index is 4.26. The molecule has 0 amide bonds. The molecule has 1 saturated carbocycles. The fourth-order valence-electron chi connectivity index (χ4n) is 2.69. The highest BCUT2D eigenvalue weighted by molar-refractivity contribution is 9.10. The Morgan fingerprint density at radius 2 is 2.05 bits per heavy atom.